The quantitative estimate of drug-likeness (QED) is 0.449. The number of rotatable bonds is 1. The Labute approximate surface area is 59.8 Å². The monoisotopic (exact) mass is 143 g/mol. The lowest BCUT2D eigenvalue weighted by molar-refractivity contribution is -0.952. The highest BCUT2D eigenvalue weighted by Gasteiger charge is 2.21. The first kappa shape index (κ1) is 7.11. The average Bonchev–Trinajstić information content (AvgIpc) is 2.14. The predicted molar refractivity (Wildman–Crippen MR) is 32.8 cm³/mol. The van der Waals surface area contributed by atoms with Gasteiger partial charge in [-0.25, -0.2) is 0 Å². The largest absolute Gasteiger partial charge is 0.398 e. The molecule has 0 saturated carbocycles. The molecule has 0 aliphatic rings. The molecule has 0 aromatic carbocycles. The maximum absolute atomic E-state index is 3.91. The minimum Gasteiger partial charge on any atom is -0.0122 e. The summed E-state index contributed by atoms with van der Waals surface area (Å²) >= 11 is 0. The van der Waals surface area contributed by atoms with Gasteiger partial charge in [-0.05, 0) is 13.8 Å². The molecule has 1 heterocycles. The van der Waals surface area contributed by atoms with E-state index in [1.54, 1.807) is 9.59 Å². The molecule has 0 amide bonds. The van der Waals surface area contributed by atoms with E-state index in [1.807, 2.05) is 18.9 Å². The molecule has 0 spiro atoms. The highest BCUT2D eigenvalue weighted by atomic mass is 15.8. The summed E-state index contributed by atoms with van der Waals surface area (Å²) < 4.78 is 0. The molecular formula is C5H13N5+2. The Hall–Kier alpha value is -1.00. The van der Waals surface area contributed by atoms with E-state index in [0.29, 0.717) is 6.04 Å². The van der Waals surface area contributed by atoms with Crippen LogP contribution in [0.25, 0.3) is 0 Å². The van der Waals surface area contributed by atoms with Crippen LogP contribution in [0.2, 0.25) is 0 Å². The highest BCUT2D eigenvalue weighted by molar-refractivity contribution is 4.14. The van der Waals surface area contributed by atoms with E-state index in [0.717, 1.165) is 0 Å². The van der Waals surface area contributed by atoms with Crippen molar-refractivity contribution in [2.45, 2.75) is 19.9 Å². The summed E-state index contributed by atoms with van der Waals surface area (Å²) in [5.74, 6) is 0. The first-order valence-electron chi connectivity index (χ1n) is 3.31. The maximum Gasteiger partial charge on any atom is 0.398 e. The molecule has 0 radical (unpaired) electrons. The lowest BCUT2D eigenvalue weighted by atomic mass is 10.4. The van der Waals surface area contributed by atoms with E-state index in [4.69, 9.17) is 0 Å². The van der Waals surface area contributed by atoms with Crippen molar-refractivity contribution < 1.29 is 9.59 Å². The minimum atomic E-state index is 0.360. The predicted octanol–water partition coefficient (Wildman–Crippen LogP) is -1.49. The third-order valence-electron chi connectivity index (χ3n) is 1.44. The van der Waals surface area contributed by atoms with Gasteiger partial charge in [-0.1, -0.05) is 0 Å². The van der Waals surface area contributed by atoms with Crippen molar-refractivity contribution in [3.05, 3.63) is 0 Å². The van der Waals surface area contributed by atoms with Crippen molar-refractivity contribution in [2.24, 2.45) is 14.1 Å². The third kappa shape index (κ3) is 0.984. The van der Waals surface area contributed by atoms with Gasteiger partial charge in [0, 0.05) is 9.59 Å². The van der Waals surface area contributed by atoms with Crippen molar-refractivity contribution in [3.63, 3.8) is 0 Å². The zero-order valence-corrected chi connectivity index (χ0v) is 6.81. The molecule has 0 unspecified atom stereocenters. The molecule has 0 N–H and O–H groups in total. The smallest absolute Gasteiger partial charge is 0.0122 e. The van der Waals surface area contributed by atoms with Crippen LogP contribution in [0, 0.1) is 0 Å². The zero-order chi connectivity index (χ0) is 7.72. The van der Waals surface area contributed by atoms with Crippen molar-refractivity contribution in [1.82, 2.24) is 15.2 Å². The van der Waals surface area contributed by atoms with E-state index >= 15 is 0 Å². The van der Waals surface area contributed by atoms with E-state index in [1.165, 1.54) is 0 Å². The number of nitrogens with zero attached hydrogens (tertiary/aromatic N) is 5. The summed E-state index contributed by atoms with van der Waals surface area (Å²) in [5, 5.41) is 7.74. The van der Waals surface area contributed by atoms with Crippen LogP contribution in [0.3, 0.4) is 0 Å². The van der Waals surface area contributed by atoms with E-state index < -0.39 is 0 Å². The number of aromatic nitrogens is 5. The van der Waals surface area contributed by atoms with Crippen LogP contribution in [0.15, 0.2) is 0 Å². The number of hydrogen-bond acceptors (Lipinski definition) is 2. The van der Waals surface area contributed by atoms with Crippen LogP contribution in [-0.2, 0) is 14.1 Å². The van der Waals surface area contributed by atoms with E-state index in [2.05, 4.69) is 24.3 Å². The van der Waals surface area contributed by atoms with Gasteiger partial charge in [0.2, 0.25) is 0 Å². The lowest BCUT2D eigenvalue weighted by Gasteiger charge is -1.91. The van der Waals surface area contributed by atoms with Crippen LogP contribution >= 0.6 is 0 Å². The Morgan fingerprint density at radius 2 is 1.90 bits per heavy atom. The molecule has 0 aliphatic carbocycles. The second kappa shape index (κ2) is 2.32. The van der Waals surface area contributed by atoms with Gasteiger partial charge in [-0.3, -0.25) is 0 Å². The molecule has 1 rings (SSSR count). The van der Waals surface area contributed by atoms with Crippen LogP contribution in [0.1, 0.15) is 19.9 Å². The second-order valence-electron chi connectivity index (χ2n) is 2.57. The molecule has 1 aromatic heterocycles. The second-order valence-corrected chi connectivity index (χ2v) is 2.57. The summed E-state index contributed by atoms with van der Waals surface area (Å²) in [6, 6.07) is 0.360. The molecule has 1 aromatic rings. The lowest BCUT2D eigenvalue weighted by Crippen LogP contribution is -2.55. The van der Waals surface area contributed by atoms with Gasteiger partial charge >= 0.3 is 5.21 Å². The van der Waals surface area contributed by atoms with Crippen molar-refractivity contribution in [1.29, 1.82) is 0 Å². The van der Waals surface area contributed by atoms with E-state index in [-0.39, 0.29) is 0 Å². The van der Waals surface area contributed by atoms with Crippen LogP contribution in [0.5, 0.6) is 0 Å². The zero-order valence-electron chi connectivity index (χ0n) is 6.81. The van der Waals surface area contributed by atoms with Gasteiger partial charge in [-0.2, -0.15) is 0 Å². The van der Waals surface area contributed by atoms with Crippen LogP contribution in [-0.4, -0.2) is 15.2 Å². The summed E-state index contributed by atoms with van der Waals surface area (Å²) in [4.78, 5) is 5.34. The molecule has 10 heavy (non-hydrogen) atoms. The average molecular weight is 143 g/mol. The van der Waals surface area contributed by atoms with Crippen molar-refractivity contribution in [3.8, 4) is 0 Å². The van der Waals surface area contributed by atoms with E-state index in [9.17, 15) is 0 Å². The van der Waals surface area contributed by atoms with Gasteiger partial charge in [0.1, 0.15) is 11.8 Å². The fourth-order valence-corrected chi connectivity index (χ4v) is 0.785. The molecule has 0 atom stereocenters. The van der Waals surface area contributed by atoms with Crippen molar-refractivity contribution in [2.75, 3.05) is 0 Å². The SMILES string of the molecule is CC(C)[n+]1nn[n+](C)n1C. The maximum atomic E-state index is 3.91. The fraction of sp³-hybridized carbons (Fsp3) is 1.00. The fourth-order valence-electron chi connectivity index (χ4n) is 0.785. The van der Waals surface area contributed by atoms with Gasteiger partial charge in [0.25, 0.3) is 5.21 Å². The Balaban J connectivity index is 3.05. The Morgan fingerprint density at radius 1 is 1.30 bits per heavy atom. The topological polar surface area (TPSA) is 38.5 Å². The van der Waals surface area contributed by atoms with Gasteiger partial charge in [0.05, 0.1) is 0 Å². The standard InChI is InChI=1S/C5H13N5/c1-5(2)10-7-6-8(3)9(10)4/h5H,1-4H3/q+2. The normalized spacial score (nSPS) is 10.9. The van der Waals surface area contributed by atoms with Crippen LogP contribution in [0.4, 0.5) is 0 Å². The number of aryl methyl sites for hydroxylation is 1. The highest BCUT2D eigenvalue weighted by Crippen LogP contribution is 1.82. The first-order chi connectivity index (χ1) is 4.63. The Morgan fingerprint density at radius 3 is 2.10 bits per heavy atom. The molecule has 0 saturated heterocycles. The minimum absolute atomic E-state index is 0.360. The van der Waals surface area contributed by atoms with Gasteiger partial charge in [-0.15, -0.1) is 0 Å². The molecule has 0 fully saturated rings. The number of hydrogen-bond donors (Lipinski definition) is 0. The molecule has 5 nitrogen and oxygen atoms in total. The van der Waals surface area contributed by atoms with Gasteiger partial charge < -0.3 is 0 Å². The Kier molecular flexibility index (Phi) is 1.65. The van der Waals surface area contributed by atoms with Crippen LogP contribution < -0.4 is 9.59 Å². The molecule has 5 heteroatoms. The Bertz CT molecular complexity index is 226. The molecule has 0 aliphatic heterocycles. The first-order valence-corrected chi connectivity index (χ1v) is 3.31. The summed E-state index contributed by atoms with van der Waals surface area (Å²) in [7, 11) is 3.77. The van der Waals surface area contributed by atoms with Gasteiger partial charge in [0.15, 0.2) is 13.1 Å². The third-order valence-corrected chi connectivity index (χ3v) is 1.44. The van der Waals surface area contributed by atoms with Crippen molar-refractivity contribution >= 4 is 0 Å². The summed E-state index contributed by atoms with van der Waals surface area (Å²) in [6.07, 6.45) is 0. The summed E-state index contributed by atoms with van der Waals surface area (Å²) in [5.41, 5.74) is 0. The summed E-state index contributed by atoms with van der Waals surface area (Å²) in [6.45, 7) is 4.13. The molecule has 0 bridgehead atoms. The molecule has 56 valence electrons. The molecular weight excluding hydrogens is 130 g/mol.